The molecule has 0 bridgehead atoms. The zero-order chi connectivity index (χ0) is 27.7. The average molecular weight is 546 g/mol. The van der Waals surface area contributed by atoms with Crippen molar-refractivity contribution in [1.29, 1.82) is 0 Å². The first kappa shape index (κ1) is 26.6. The van der Waals surface area contributed by atoms with Gasteiger partial charge in [0.15, 0.2) is 0 Å². The van der Waals surface area contributed by atoms with Gasteiger partial charge in [0.25, 0.3) is 11.6 Å². The largest absolute Gasteiger partial charge is 0.467 e. The summed E-state index contributed by atoms with van der Waals surface area (Å²) in [5.41, 5.74) is 3.13. The number of aryl methyl sites for hydroxylation is 1. The van der Waals surface area contributed by atoms with Crippen LogP contribution in [0.15, 0.2) is 62.6 Å². The zero-order valence-electron chi connectivity index (χ0n) is 22.4. The van der Waals surface area contributed by atoms with Crippen LogP contribution < -0.4 is 5.32 Å². The van der Waals surface area contributed by atoms with E-state index in [2.05, 4.69) is 26.1 Å². The number of nitro benzene ring substituents is 1. The standard InChI is InChI=1S/C30H31N3O5S/c1-18-7-8-19(14-24(18)33(35)36)25-12-10-22(38-25)17-32-29-27(28(34)31-16-21-6-5-13-37-21)23-11-9-20(30(2,3)4)15-26(23)39-29/h5-8,10,12-14,17,20H,9,11,15-16H2,1-4H3,(H,31,34)/t20-/m0/s1. The van der Waals surface area contributed by atoms with Gasteiger partial charge in [-0.15, -0.1) is 11.3 Å². The molecule has 1 N–H and O–H groups in total. The van der Waals surface area contributed by atoms with E-state index >= 15 is 0 Å². The number of hydrogen-bond acceptors (Lipinski definition) is 7. The van der Waals surface area contributed by atoms with Gasteiger partial charge in [0.05, 0.1) is 29.5 Å². The second-order valence-electron chi connectivity index (χ2n) is 11.0. The number of fused-ring (bicyclic) bond motifs is 1. The summed E-state index contributed by atoms with van der Waals surface area (Å²) < 4.78 is 11.3. The van der Waals surface area contributed by atoms with Crippen molar-refractivity contribution in [3.05, 3.63) is 91.9 Å². The molecule has 0 radical (unpaired) electrons. The van der Waals surface area contributed by atoms with E-state index in [-0.39, 0.29) is 17.0 Å². The fourth-order valence-electron chi connectivity index (χ4n) is 4.96. The van der Waals surface area contributed by atoms with E-state index in [4.69, 9.17) is 13.8 Å². The van der Waals surface area contributed by atoms with E-state index in [0.717, 1.165) is 24.8 Å². The molecule has 0 fully saturated rings. The molecule has 1 amide bonds. The molecule has 202 valence electrons. The molecular formula is C30H31N3O5S. The molecule has 0 saturated carbocycles. The van der Waals surface area contributed by atoms with Crippen LogP contribution in [-0.4, -0.2) is 17.0 Å². The number of benzene rings is 1. The lowest BCUT2D eigenvalue weighted by Gasteiger charge is -2.33. The van der Waals surface area contributed by atoms with Crippen molar-refractivity contribution < 1.29 is 18.6 Å². The Morgan fingerprint density at radius 1 is 1.26 bits per heavy atom. The highest BCUT2D eigenvalue weighted by Crippen LogP contribution is 2.45. The molecule has 5 rings (SSSR count). The molecule has 3 aromatic heterocycles. The Hall–Kier alpha value is -3.98. The van der Waals surface area contributed by atoms with Gasteiger partial charge in [-0.1, -0.05) is 32.9 Å². The van der Waals surface area contributed by atoms with E-state index in [0.29, 0.717) is 51.4 Å². The maximum Gasteiger partial charge on any atom is 0.273 e. The minimum atomic E-state index is -0.397. The van der Waals surface area contributed by atoms with Crippen LogP contribution >= 0.6 is 11.3 Å². The Balaban J connectivity index is 1.43. The van der Waals surface area contributed by atoms with Crippen molar-refractivity contribution in [3.8, 4) is 11.3 Å². The predicted molar refractivity (Wildman–Crippen MR) is 152 cm³/mol. The molecule has 0 aliphatic heterocycles. The smallest absolute Gasteiger partial charge is 0.273 e. The van der Waals surface area contributed by atoms with Gasteiger partial charge >= 0.3 is 0 Å². The lowest BCUT2D eigenvalue weighted by atomic mass is 9.72. The van der Waals surface area contributed by atoms with Crippen LogP contribution in [0.5, 0.6) is 0 Å². The van der Waals surface area contributed by atoms with Crippen molar-refractivity contribution in [2.24, 2.45) is 16.3 Å². The van der Waals surface area contributed by atoms with Gasteiger partial charge in [-0.05, 0) is 67.3 Å². The number of thiophene rings is 1. The fraction of sp³-hybridized carbons (Fsp3) is 0.333. The average Bonchev–Trinajstić information content (AvgIpc) is 3.65. The minimum absolute atomic E-state index is 0.0436. The predicted octanol–water partition coefficient (Wildman–Crippen LogP) is 7.65. The lowest BCUT2D eigenvalue weighted by Crippen LogP contribution is -2.28. The molecule has 4 aromatic rings. The third-order valence-corrected chi connectivity index (χ3v) is 8.49. The number of aliphatic imine (C=N–C) groups is 1. The summed E-state index contributed by atoms with van der Waals surface area (Å²) in [5.74, 6) is 2.05. The number of nitrogens with zero attached hydrogens (tertiary/aromatic N) is 2. The van der Waals surface area contributed by atoms with Crippen LogP contribution in [0, 0.1) is 28.4 Å². The van der Waals surface area contributed by atoms with Gasteiger partial charge in [-0.2, -0.15) is 0 Å². The Morgan fingerprint density at radius 3 is 2.79 bits per heavy atom. The highest BCUT2D eigenvalue weighted by molar-refractivity contribution is 7.16. The number of hydrogen-bond donors (Lipinski definition) is 1. The third kappa shape index (κ3) is 5.73. The summed E-state index contributed by atoms with van der Waals surface area (Å²) in [6, 6.07) is 12.2. The molecule has 1 atom stereocenters. The molecule has 39 heavy (non-hydrogen) atoms. The van der Waals surface area contributed by atoms with Crippen LogP contribution in [0.25, 0.3) is 11.3 Å². The summed E-state index contributed by atoms with van der Waals surface area (Å²) in [7, 11) is 0. The maximum atomic E-state index is 13.4. The highest BCUT2D eigenvalue weighted by atomic mass is 32.1. The molecule has 0 spiro atoms. The van der Waals surface area contributed by atoms with Gasteiger partial charge < -0.3 is 14.2 Å². The number of furan rings is 2. The monoisotopic (exact) mass is 545 g/mol. The zero-order valence-corrected chi connectivity index (χ0v) is 23.3. The number of rotatable bonds is 7. The van der Waals surface area contributed by atoms with Crippen LogP contribution in [0.3, 0.4) is 0 Å². The lowest BCUT2D eigenvalue weighted by molar-refractivity contribution is -0.385. The summed E-state index contributed by atoms with van der Waals surface area (Å²) in [6.45, 7) is 8.81. The quantitative estimate of drug-likeness (QED) is 0.146. The fourth-order valence-corrected chi connectivity index (χ4v) is 6.23. The number of carbonyl (C=O) groups excluding carboxylic acids is 1. The van der Waals surface area contributed by atoms with Crippen LogP contribution in [-0.2, 0) is 19.4 Å². The summed E-state index contributed by atoms with van der Waals surface area (Å²) in [4.78, 5) is 30.3. The molecule has 3 heterocycles. The molecule has 9 heteroatoms. The van der Waals surface area contributed by atoms with Crippen molar-refractivity contribution in [1.82, 2.24) is 5.32 Å². The number of carbonyl (C=O) groups is 1. The first-order chi connectivity index (χ1) is 18.6. The maximum absolute atomic E-state index is 13.4. The van der Waals surface area contributed by atoms with E-state index in [9.17, 15) is 14.9 Å². The minimum Gasteiger partial charge on any atom is -0.467 e. The SMILES string of the molecule is Cc1ccc(-c2ccc(C=Nc3sc4c(c3C(=O)NCc3ccco3)CC[C@H](C(C)(C)C)C4)o2)cc1[N+](=O)[O-]. The molecule has 1 aromatic carbocycles. The van der Waals surface area contributed by atoms with E-state index in [1.807, 2.05) is 6.07 Å². The van der Waals surface area contributed by atoms with Crippen molar-refractivity contribution in [2.45, 2.75) is 53.5 Å². The van der Waals surface area contributed by atoms with Crippen LogP contribution in [0.4, 0.5) is 10.7 Å². The summed E-state index contributed by atoms with van der Waals surface area (Å²) in [6.07, 6.45) is 5.98. The molecule has 1 aliphatic rings. The molecule has 1 aliphatic carbocycles. The first-order valence-corrected chi connectivity index (χ1v) is 13.8. The second-order valence-corrected chi connectivity index (χ2v) is 12.1. The Bertz CT molecular complexity index is 1540. The normalized spacial score (nSPS) is 15.4. The molecular weight excluding hydrogens is 514 g/mol. The van der Waals surface area contributed by atoms with Crippen molar-refractivity contribution in [2.75, 3.05) is 0 Å². The van der Waals surface area contributed by atoms with Gasteiger partial charge in [0, 0.05) is 22.1 Å². The molecule has 8 nitrogen and oxygen atoms in total. The molecule has 0 saturated heterocycles. The van der Waals surface area contributed by atoms with Crippen molar-refractivity contribution in [3.63, 3.8) is 0 Å². The van der Waals surface area contributed by atoms with Gasteiger partial charge in [0.2, 0.25) is 0 Å². The number of nitro groups is 1. The Morgan fingerprint density at radius 2 is 2.08 bits per heavy atom. The second kappa shape index (κ2) is 10.6. The molecule has 0 unspecified atom stereocenters. The van der Waals surface area contributed by atoms with Crippen molar-refractivity contribution >= 4 is 34.1 Å². The first-order valence-electron chi connectivity index (χ1n) is 12.9. The number of amides is 1. The van der Waals surface area contributed by atoms with E-state index in [1.165, 1.54) is 10.9 Å². The third-order valence-electron chi connectivity index (χ3n) is 7.33. The van der Waals surface area contributed by atoms with Crippen LogP contribution in [0.2, 0.25) is 0 Å². The summed E-state index contributed by atoms with van der Waals surface area (Å²) >= 11 is 1.56. The van der Waals surface area contributed by atoms with Gasteiger partial charge in [-0.3, -0.25) is 14.9 Å². The Labute approximate surface area is 230 Å². The van der Waals surface area contributed by atoms with Crippen LogP contribution in [0.1, 0.15) is 65.1 Å². The van der Waals surface area contributed by atoms with E-state index < -0.39 is 4.92 Å². The van der Waals surface area contributed by atoms with E-state index in [1.54, 1.807) is 61.1 Å². The topological polar surface area (TPSA) is 111 Å². The van der Waals surface area contributed by atoms with Gasteiger partial charge in [0.1, 0.15) is 22.3 Å². The highest BCUT2D eigenvalue weighted by Gasteiger charge is 2.33. The summed E-state index contributed by atoms with van der Waals surface area (Å²) in [5, 5.41) is 15.0. The van der Waals surface area contributed by atoms with Gasteiger partial charge in [-0.25, -0.2) is 4.99 Å². The Kier molecular flexibility index (Phi) is 7.27. The number of nitrogens with one attached hydrogen (secondary N) is 1.